The Morgan fingerprint density at radius 1 is 2.00 bits per heavy atom. The van der Waals surface area contributed by atoms with Gasteiger partial charge in [0, 0.05) is 9.91 Å². The molecule has 3 fully saturated rings. The fourth-order valence-electron chi connectivity index (χ4n) is 1.50. The topological polar surface area (TPSA) is 9.23 Å². The van der Waals surface area contributed by atoms with Gasteiger partial charge in [0.05, 0.1) is 11.7 Å². The van der Waals surface area contributed by atoms with E-state index < -0.39 is 18.8 Å². The van der Waals surface area contributed by atoms with Gasteiger partial charge in [-0.15, -0.1) is 0 Å². The van der Waals surface area contributed by atoms with E-state index in [-0.39, 0.29) is 5.60 Å². The molecule has 0 N–H and O–H groups in total. The Morgan fingerprint density at radius 3 is 3.11 bits per heavy atom. The van der Waals surface area contributed by atoms with Crippen molar-refractivity contribution in [1.82, 2.24) is 0 Å². The highest BCUT2D eigenvalue weighted by atomic mass is 127. The summed E-state index contributed by atoms with van der Waals surface area (Å²) >= 11 is 2.20. The molecule has 1 unspecified atom stereocenters. The van der Waals surface area contributed by atoms with Crippen LogP contribution >= 0.6 is 22.6 Å². The molecule has 0 amide bonds. The Morgan fingerprint density at radius 2 is 2.78 bits per heavy atom. The summed E-state index contributed by atoms with van der Waals surface area (Å²) in [5.41, 5.74) is -0.290. The van der Waals surface area contributed by atoms with Gasteiger partial charge in [0.25, 0.3) is 0 Å². The third-order valence-electron chi connectivity index (χ3n) is 2.08. The van der Waals surface area contributed by atoms with Gasteiger partial charge < -0.3 is 4.74 Å². The van der Waals surface area contributed by atoms with Gasteiger partial charge in [-0.05, 0) is 25.6 Å². The molecule has 2 aliphatic heterocycles. The van der Waals surface area contributed by atoms with Crippen molar-refractivity contribution in [2.75, 3.05) is 4.43 Å². The average molecular weight is 242 g/mol. The Hall–Kier alpha value is 0.690. The van der Waals surface area contributed by atoms with Crippen molar-refractivity contribution < 1.29 is 10.2 Å². The lowest BCUT2D eigenvalue weighted by Crippen LogP contribution is -2.37. The minimum atomic E-state index is -2.13. The van der Waals surface area contributed by atoms with E-state index in [1.807, 2.05) is 0 Å². The summed E-state index contributed by atoms with van der Waals surface area (Å²) in [6.45, 7) is -2.13. The molecule has 52 valence electrons. The van der Waals surface area contributed by atoms with Crippen LogP contribution in [-0.2, 0) is 4.74 Å². The fourth-order valence-corrected chi connectivity index (χ4v) is 2.22. The first-order chi connectivity index (χ1) is 5.81. The van der Waals surface area contributed by atoms with Crippen molar-refractivity contribution in [2.24, 2.45) is 5.89 Å². The zero-order chi connectivity index (χ0) is 9.91. The third kappa shape index (κ3) is 0.755. The van der Waals surface area contributed by atoms with E-state index in [1.165, 1.54) is 0 Å². The van der Waals surface area contributed by atoms with Gasteiger partial charge in [0.15, 0.2) is 0 Å². The second kappa shape index (κ2) is 1.84. The van der Waals surface area contributed by atoms with E-state index in [2.05, 4.69) is 22.6 Å². The summed E-state index contributed by atoms with van der Waals surface area (Å²) in [4.78, 5) is 0. The van der Waals surface area contributed by atoms with Gasteiger partial charge in [-0.1, -0.05) is 22.6 Å². The lowest BCUT2D eigenvalue weighted by atomic mass is 9.74. The summed E-state index contributed by atoms with van der Waals surface area (Å²) in [5, 5.41) is 0. The predicted molar refractivity (Wildman–Crippen MR) is 44.9 cm³/mol. The van der Waals surface area contributed by atoms with Crippen molar-refractivity contribution in [3.63, 3.8) is 0 Å². The smallest absolute Gasteiger partial charge is 0.0782 e. The molecule has 2 heteroatoms. The second-order valence-electron chi connectivity index (χ2n) is 2.83. The largest absolute Gasteiger partial charge is 0.371 e. The molecule has 0 aromatic rings. The Kier molecular flexibility index (Phi) is 0.695. The Labute approximate surface area is 74.9 Å². The molecule has 1 atom stereocenters. The van der Waals surface area contributed by atoms with Crippen LogP contribution in [0.15, 0.2) is 0 Å². The van der Waals surface area contributed by atoms with E-state index in [4.69, 9.17) is 10.2 Å². The van der Waals surface area contributed by atoms with Crippen molar-refractivity contribution in [3.8, 4) is 0 Å². The highest BCUT2D eigenvalue weighted by Crippen LogP contribution is 2.52. The quantitative estimate of drug-likeness (QED) is 0.504. The van der Waals surface area contributed by atoms with Crippen molar-refractivity contribution in [2.45, 2.75) is 31.4 Å². The molecule has 2 heterocycles. The van der Waals surface area contributed by atoms with Gasteiger partial charge >= 0.3 is 0 Å². The molecular weight excluding hydrogens is 227 g/mol. The van der Waals surface area contributed by atoms with Crippen LogP contribution in [0.5, 0.6) is 0 Å². The molecule has 2 saturated heterocycles. The monoisotopic (exact) mass is 242 g/mol. The van der Waals surface area contributed by atoms with E-state index in [1.54, 1.807) is 0 Å². The minimum Gasteiger partial charge on any atom is -0.371 e. The molecule has 1 saturated carbocycles. The van der Waals surface area contributed by atoms with E-state index in [0.29, 0.717) is 12.8 Å². The maximum absolute atomic E-state index is 7.91. The number of rotatable bonds is 1. The van der Waals surface area contributed by atoms with Crippen LogP contribution in [0, 0.1) is 5.89 Å². The van der Waals surface area contributed by atoms with E-state index in [9.17, 15) is 0 Å². The maximum atomic E-state index is 7.91. The van der Waals surface area contributed by atoms with Gasteiger partial charge in [0.2, 0.25) is 0 Å². The molecule has 9 heavy (non-hydrogen) atoms. The maximum Gasteiger partial charge on any atom is 0.0782 e. The van der Waals surface area contributed by atoms with E-state index in [0.717, 1.165) is 4.43 Å². The number of halogens is 1. The minimum absolute atomic E-state index is 0.290. The van der Waals surface area contributed by atoms with Crippen LogP contribution in [0.2, 0.25) is 0 Å². The van der Waals surface area contributed by atoms with Crippen LogP contribution in [0.1, 0.15) is 25.2 Å². The Balaban J connectivity index is 2.19. The second-order valence-corrected chi connectivity index (χ2v) is 3.59. The number of ether oxygens (including phenoxy) is 1. The molecule has 0 aromatic carbocycles. The van der Waals surface area contributed by atoms with Crippen LogP contribution < -0.4 is 0 Å². The van der Waals surface area contributed by atoms with Gasteiger partial charge in [-0.25, -0.2) is 0 Å². The third-order valence-corrected chi connectivity index (χ3v) is 3.47. The van der Waals surface area contributed by atoms with Gasteiger partial charge in [-0.2, -0.15) is 0 Å². The summed E-state index contributed by atoms with van der Waals surface area (Å²) in [6, 6.07) is 0. The first kappa shape index (κ1) is 3.39. The van der Waals surface area contributed by atoms with Gasteiger partial charge in [-0.3, -0.25) is 0 Å². The molecular formula is C7H11IO. The van der Waals surface area contributed by atoms with Crippen LogP contribution in [0.3, 0.4) is 0 Å². The first-order valence-corrected chi connectivity index (χ1v) is 4.58. The average Bonchev–Trinajstić information content (AvgIpc) is 2.35. The molecule has 0 radical (unpaired) electrons. The summed E-state index contributed by atoms with van der Waals surface area (Å²) in [6.07, 6.45) is 0.313. The number of hydrogen-bond donors (Lipinski definition) is 0. The first-order valence-electron chi connectivity index (χ1n) is 5.05. The molecule has 1 aliphatic carbocycles. The summed E-state index contributed by atoms with van der Waals surface area (Å²) in [5.74, 6) is -0.837. The number of hydrogen-bond acceptors (Lipinski definition) is 1. The fraction of sp³-hybridized carbons (Fsp3) is 1.00. The highest BCUT2D eigenvalue weighted by molar-refractivity contribution is 14.1. The molecule has 1 nitrogen and oxygen atoms in total. The van der Waals surface area contributed by atoms with Crippen molar-refractivity contribution in [3.05, 3.63) is 0 Å². The summed E-state index contributed by atoms with van der Waals surface area (Å²) < 4.78 is 36.0. The highest BCUT2D eigenvalue weighted by Gasteiger charge is 2.54. The zero-order valence-electron chi connectivity index (χ0n) is 8.98. The zero-order valence-corrected chi connectivity index (χ0v) is 7.14. The van der Waals surface area contributed by atoms with Crippen LogP contribution in [0.4, 0.5) is 0 Å². The normalized spacial score (nSPS) is 71.4. The lowest BCUT2D eigenvalue weighted by Gasteiger charge is -2.33. The molecule has 0 spiro atoms. The van der Waals surface area contributed by atoms with Crippen molar-refractivity contribution in [1.29, 1.82) is 0 Å². The predicted octanol–water partition coefficient (Wildman–Crippen LogP) is 1.99. The standard InChI is InChI=1S/C7H11IO/c1-5-6-2-7(3-6,4-8)9-5/h5-6H,2-4H2,1H3/i1D3,6D. The SMILES string of the molecule is [2H]C([2H])([2H])C1OC2(CI)CC1([2H])C2. The van der Waals surface area contributed by atoms with E-state index >= 15 is 0 Å². The molecule has 0 aromatic heterocycles. The van der Waals surface area contributed by atoms with Crippen LogP contribution in [-0.4, -0.2) is 16.1 Å². The molecule has 3 aliphatic rings. The van der Waals surface area contributed by atoms with Crippen molar-refractivity contribution >= 4 is 22.6 Å². The summed E-state index contributed by atoms with van der Waals surface area (Å²) in [7, 11) is 0. The van der Waals surface area contributed by atoms with Gasteiger partial charge in [0.1, 0.15) is 0 Å². The lowest BCUT2D eigenvalue weighted by molar-refractivity contribution is 0.00426. The Bertz CT molecular complexity index is 233. The molecule has 2 bridgehead atoms. The number of alkyl halides is 1. The van der Waals surface area contributed by atoms with Crippen LogP contribution in [0.25, 0.3) is 0 Å². The number of fused-ring (bicyclic) bond motifs is 1. The molecule has 3 rings (SSSR count).